The maximum Gasteiger partial charge on any atom is 0.216 e. The van der Waals surface area contributed by atoms with E-state index in [2.05, 4.69) is 12.6 Å². The van der Waals surface area contributed by atoms with Crippen LogP contribution in [0.4, 0.5) is 4.39 Å². The number of rotatable bonds is 1. The van der Waals surface area contributed by atoms with Crippen LogP contribution in [0.1, 0.15) is 15.9 Å². The smallest absolute Gasteiger partial charge is 0.216 e. The van der Waals surface area contributed by atoms with Gasteiger partial charge in [0.2, 0.25) is 5.12 Å². The molecule has 1 rings (SSSR count). The number of hydrogen-bond donors (Lipinski definition) is 1. The molecule has 0 bridgehead atoms. The van der Waals surface area contributed by atoms with Crippen LogP contribution in [0.2, 0.25) is 0 Å². The highest BCUT2D eigenvalue weighted by Crippen LogP contribution is 2.11. The minimum Gasteiger partial charge on any atom is -0.282 e. The Morgan fingerprint density at radius 2 is 2.18 bits per heavy atom. The largest absolute Gasteiger partial charge is 0.282 e. The van der Waals surface area contributed by atoms with Crippen molar-refractivity contribution in [2.45, 2.75) is 6.92 Å². The first kappa shape index (κ1) is 8.27. The predicted molar refractivity (Wildman–Crippen MR) is 44.5 cm³/mol. The molecule has 3 heteroatoms. The third-order valence-electron chi connectivity index (χ3n) is 1.42. The Morgan fingerprint density at radius 1 is 1.55 bits per heavy atom. The van der Waals surface area contributed by atoms with Crippen molar-refractivity contribution in [1.29, 1.82) is 0 Å². The summed E-state index contributed by atoms with van der Waals surface area (Å²) in [4.78, 5) is 10.7. The molecule has 0 atom stereocenters. The molecule has 0 N–H and O–H groups in total. The van der Waals surface area contributed by atoms with E-state index < -0.39 is 0 Å². The summed E-state index contributed by atoms with van der Waals surface area (Å²) in [5, 5.41) is -0.331. The number of aryl methyl sites for hydroxylation is 1. The molecule has 0 amide bonds. The molecule has 0 aromatic heterocycles. The molecule has 0 spiro atoms. The summed E-state index contributed by atoms with van der Waals surface area (Å²) < 4.78 is 12.5. The lowest BCUT2D eigenvalue weighted by atomic mass is 10.1. The van der Waals surface area contributed by atoms with Crippen LogP contribution in [-0.4, -0.2) is 5.12 Å². The summed E-state index contributed by atoms with van der Waals surface area (Å²) in [6, 6.07) is 3.99. The van der Waals surface area contributed by atoms with Gasteiger partial charge in [-0.05, 0) is 30.7 Å². The van der Waals surface area contributed by atoms with Crippen LogP contribution in [0.5, 0.6) is 0 Å². The Hall–Kier alpha value is -0.830. The number of carbonyl (C=O) groups excluding carboxylic acids is 1. The van der Waals surface area contributed by atoms with E-state index in [9.17, 15) is 9.18 Å². The van der Waals surface area contributed by atoms with Crippen LogP contribution in [-0.2, 0) is 0 Å². The Morgan fingerprint density at radius 3 is 2.64 bits per heavy atom. The molecule has 0 aliphatic rings. The van der Waals surface area contributed by atoms with E-state index in [0.29, 0.717) is 11.1 Å². The minimum atomic E-state index is -0.333. The van der Waals surface area contributed by atoms with Crippen molar-refractivity contribution in [2.24, 2.45) is 0 Å². The average Bonchev–Trinajstić information content (AvgIpc) is 1.85. The molecule has 1 aromatic rings. The summed E-state index contributed by atoms with van der Waals surface area (Å²) in [5.74, 6) is -0.333. The Kier molecular flexibility index (Phi) is 2.29. The second-order valence-electron chi connectivity index (χ2n) is 2.26. The summed E-state index contributed by atoms with van der Waals surface area (Å²) in [5.41, 5.74) is 1.07. The first-order valence-corrected chi connectivity index (χ1v) is 3.55. The SMILES string of the molecule is Cc1cc(F)ccc1C(=O)S. The molecule has 1 aromatic carbocycles. The number of thiol groups is 1. The van der Waals surface area contributed by atoms with E-state index in [0.717, 1.165) is 0 Å². The van der Waals surface area contributed by atoms with E-state index in [1.165, 1.54) is 18.2 Å². The monoisotopic (exact) mass is 170 g/mol. The highest BCUT2D eigenvalue weighted by molar-refractivity contribution is 7.97. The zero-order valence-corrected chi connectivity index (χ0v) is 6.86. The minimum absolute atomic E-state index is 0.331. The van der Waals surface area contributed by atoms with Crippen LogP contribution in [0.3, 0.4) is 0 Å². The molecular weight excluding hydrogens is 163 g/mol. The van der Waals surface area contributed by atoms with Crippen molar-refractivity contribution in [3.63, 3.8) is 0 Å². The lowest BCUT2D eigenvalue weighted by Crippen LogP contribution is -1.93. The van der Waals surface area contributed by atoms with Crippen LogP contribution in [0.15, 0.2) is 18.2 Å². The van der Waals surface area contributed by atoms with Gasteiger partial charge in [0.1, 0.15) is 5.82 Å². The molecule has 0 aliphatic carbocycles. The lowest BCUT2D eigenvalue weighted by molar-refractivity contribution is 0.109. The Balaban J connectivity index is 3.20. The molecule has 0 saturated carbocycles. The van der Waals surface area contributed by atoms with Gasteiger partial charge >= 0.3 is 0 Å². The molecule has 58 valence electrons. The van der Waals surface area contributed by atoms with Crippen molar-refractivity contribution in [3.05, 3.63) is 35.1 Å². The second kappa shape index (κ2) is 3.05. The summed E-state index contributed by atoms with van der Waals surface area (Å²) in [6.45, 7) is 1.67. The fourth-order valence-electron chi connectivity index (χ4n) is 0.867. The lowest BCUT2D eigenvalue weighted by Gasteiger charge is -1.98. The first-order valence-electron chi connectivity index (χ1n) is 3.10. The summed E-state index contributed by atoms with van der Waals surface area (Å²) in [6.07, 6.45) is 0. The zero-order valence-electron chi connectivity index (χ0n) is 5.97. The van der Waals surface area contributed by atoms with E-state index >= 15 is 0 Å². The number of halogens is 1. The molecular formula is C8H7FOS. The van der Waals surface area contributed by atoms with E-state index in [-0.39, 0.29) is 10.9 Å². The molecule has 0 saturated heterocycles. The van der Waals surface area contributed by atoms with Crippen LogP contribution in [0.25, 0.3) is 0 Å². The van der Waals surface area contributed by atoms with Crippen LogP contribution >= 0.6 is 12.6 Å². The molecule has 1 nitrogen and oxygen atoms in total. The first-order chi connectivity index (χ1) is 5.11. The average molecular weight is 170 g/mol. The number of carbonyl (C=O) groups is 1. The predicted octanol–water partition coefficient (Wildman–Crippen LogP) is 2.20. The summed E-state index contributed by atoms with van der Waals surface area (Å²) >= 11 is 3.63. The van der Waals surface area contributed by atoms with E-state index in [1.54, 1.807) is 6.92 Å². The van der Waals surface area contributed by atoms with Crippen molar-refractivity contribution < 1.29 is 9.18 Å². The molecule has 0 unspecified atom stereocenters. The topological polar surface area (TPSA) is 17.1 Å². The molecule has 0 aliphatic heterocycles. The van der Waals surface area contributed by atoms with Gasteiger partial charge in [0.25, 0.3) is 0 Å². The fourth-order valence-corrected chi connectivity index (χ4v) is 1.12. The second-order valence-corrected chi connectivity index (χ2v) is 2.67. The van der Waals surface area contributed by atoms with Gasteiger partial charge in [-0.2, -0.15) is 0 Å². The van der Waals surface area contributed by atoms with Crippen LogP contribution < -0.4 is 0 Å². The third-order valence-corrected chi connectivity index (χ3v) is 1.66. The zero-order chi connectivity index (χ0) is 8.43. The van der Waals surface area contributed by atoms with Crippen molar-refractivity contribution in [3.8, 4) is 0 Å². The van der Waals surface area contributed by atoms with Gasteiger partial charge in [0, 0.05) is 5.56 Å². The van der Waals surface area contributed by atoms with Crippen molar-refractivity contribution in [1.82, 2.24) is 0 Å². The number of benzene rings is 1. The number of hydrogen-bond acceptors (Lipinski definition) is 1. The quantitative estimate of drug-likeness (QED) is 0.639. The standard InChI is InChI=1S/C8H7FOS/c1-5-4-6(9)2-3-7(5)8(10)11/h2-4H,1H3,(H,10,11). The van der Waals surface area contributed by atoms with Gasteiger partial charge < -0.3 is 0 Å². The van der Waals surface area contributed by atoms with E-state index in [4.69, 9.17) is 0 Å². The molecule has 11 heavy (non-hydrogen) atoms. The van der Waals surface area contributed by atoms with Gasteiger partial charge in [-0.25, -0.2) is 4.39 Å². The van der Waals surface area contributed by atoms with E-state index in [1.807, 2.05) is 0 Å². The summed E-state index contributed by atoms with van der Waals surface area (Å²) in [7, 11) is 0. The highest BCUT2D eigenvalue weighted by Gasteiger charge is 2.03. The van der Waals surface area contributed by atoms with Crippen molar-refractivity contribution >= 4 is 17.7 Å². The van der Waals surface area contributed by atoms with Gasteiger partial charge in [0.15, 0.2) is 0 Å². The molecule has 0 heterocycles. The maximum atomic E-state index is 12.5. The maximum absolute atomic E-state index is 12.5. The van der Waals surface area contributed by atoms with Crippen LogP contribution in [0, 0.1) is 12.7 Å². The van der Waals surface area contributed by atoms with Gasteiger partial charge in [-0.1, -0.05) is 0 Å². The van der Waals surface area contributed by atoms with Gasteiger partial charge in [-0.15, -0.1) is 12.6 Å². The van der Waals surface area contributed by atoms with Gasteiger partial charge in [-0.3, -0.25) is 4.79 Å². The Bertz CT molecular complexity index is 296. The third kappa shape index (κ3) is 1.80. The van der Waals surface area contributed by atoms with Crippen molar-refractivity contribution in [2.75, 3.05) is 0 Å². The molecule has 0 radical (unpaired) electrons. The normalized spacial score (nSPS) is 9.73. The highest BCUT2D eigenvalue weighted by atomic mass is 32.1. The Labute approximate surface area is 69.6 Å². The van der Waals surface area contributed by atoms with Gasteiger partial charge in [0.05, 0.1) is 0 Å². The fraction of sp³-hybridized carbons (Fsp3) is 0.125. The molecule has 0 fully saturated rings.